The molecule has 1 N–H and O–H groups in total. The van der Waals surface area contributed by atoms with Crippen LogP contribution >= 0.6 is 12.6 Å². The van der Waals surface area contributed by atoms with Crippen LogP contribution in [-0.2, 0) is 11.3 Å². The summed E-state index contributed by atoms with van der Waals surface area (Å²) in [6, 6.07) is 7.61. The molecular weight excluding hydrogens is 296 g/mol. The van der Waals surface area contributed by atoms with E-state index in [2.05, 4.69) is 36.7 Å². The molecule has 0 aliphatic carbocycles. The van der Waals surface area contributed by atoms with Crippen LogP contribution in [0.4, 0.5) is 0 Å². The number of carbonyl (C=O) groups is 1. The molecule has 4 nitrogen and oxygen atoms in total. The number of hydrogen-bond donors (Lipinski definition) is 2. The van der Waals surface area contributed by atoms with Crippen molar-refractivity contribution < 1.29 is 9.53 Å². The minimum Gasteiger partial charge on any atom is -0.380 e. The molecule has 0 aromatic heterocycles. The van der Waals surface area contributed by atoms with Crippen LogP contribution in [0, 0.1) is 0 Å². The predicted octanol–water partition coefficient (Wildman–Crippen LogP) is 2.69. The number of rotatable bonds is 5. The molecule has 0 saturated carbocycles. The molecule has 1 aromatic rings. The summed E-state index contributed by atoms with van der Waals surface area (Å²) < 4.78 is 5.12. The molecule has 22 heavy (non-hydrogen) atoms. The summed E-state index contributed by atoms with van der Waals surface area (Å²) in [5, 5.41) is 3.48. The van der Waals surface area contributed by atoms with E-state index in [1.165, 1.54) is 0 Å². The number of benzene rings is 1. The maximum atomic E-state index is 12.5. The van der Waals surface area contributed by atoms with Gasteiger partial charge in [-0.25, -0.2) is 0 Å². The van der Waals surface area contributed by atoms with E-state index in [0.717, 1.165) is 31.5 Å². The van der Waals surface area contributed by atoms with Crippen LogP contribution in [0.5, 0.6) is 0 Å². The highest BCUT2D eigenvalue weighted by Gasteiger charge is 2.32. The molecule has 1 atom stereocenters. The molecule has 1 heterocycles. The summed E-state index contributed by atoms with van der Waals surface area (Å²) in [4.78, 5) is 14.8. The minimum atomic E-state index is -0.145. The lowest BCUT2D eigenvalue weighted by Crippen LogP contribution is -2.54. The third-order valence-corrected chi connectivity index (χ3v) is 4.67. The van der Waals surface area contributed by atoms with Gasteiger partial charge in [0.05, 0.1) is 6.61 Å². The van der Waals surface area contributed by atoms with Gasteiger partial charge in [0.1, 0.15) is 0 Å². The van der Waals surface area contributed by atoms with Crippen LogP contribution in [-0.4, -0.2) is 41.9 Å². The zero-order valence-electron chi connectivity index (χ0n) is 13.6. The van der Waals surface area contributed by atoms with Crippen LogP contribution < -0.4 is 5.32 Å². The minimum absolute atomic E-state index is 0.00664. The van der Waals surface area contributed by atoms with Crippen LogP contribution in [0.1, 0.15) is 42.6 Å². The molecule has 0 spiro atoms. The van der Waals surface area contributed by atoms with E-state index in [1.54, 1.807) is 7.11 Å². The van der Waals surface area contributed by atoms with E-state index in [-0.39, 0.29) is 16.8 Å². The van der Waals surface area contributed by atoms with Crippen LogP contribution in [0.2, 0.25) is 0 Å². The van der Waals surface area contributed by atoms with Gasteiger partial charge in [0.15, 0.2) is 0 Å². The van der Waals surface area contributed by atoms with Gasteiger partial charge in [0.25, 0.3) is 5.91 Å². The molecule has 1 saturated heterocycles. The Morgan fingerprint density at radius 1 is 1.45 bits per heavy atom. The van der Waals surface area contributed by atoms with Crippen molar-refractivity contribution in [2.45, 2.75) is 44.2 Å². The van der Waals surface area contributed by atoms with Gasteiger partial charge in [-0.1, -0.05) is 12.1 Å². The van der Waals surface area contributed by atoms with Crippen LogP contribution in [0.3, 0.4) is 0 Å². The van der Waals surface area contributed by atoms with E-state index < -0.39 is 0 Å². The van der Waals surface area contributed by atoms with E-state index in [0.29, 0.717) is 12.2 Å². The highest BCUT2D eigenvalue weighted by Crippen LogP contribution is 2.24. The largest absolute Gasteiger partial charge is 0.380 e. The summed E-state index contributed by atoms with van der Waals surface area (Å²) in [6.07, 6.45) is 1.89. The van der Waals surface area contributed by atoms with Crippen molar-refractivity contribution >= 4 is 18.5 Å². The van der Waals surface area contributed by atoms with Gasteiger partial charge >= 0.3 is 0 Å². The number of nitrogens with one attached hydrogen (secondary N) is 1. The van der Waals surface area contributed by atoms with E-state index >= 15 is 0 Å². The van der Waals surface area contributed by atoms with Crippen molar-refractivity contribution in [3.8, 4) is 0 Å². The number of thiol groups is 1. The van der Waals surface area contributed by atoms with Crippen molar-refractivity contribution in [1.82, 2.24) is 10.2 Å². The second kappa shape index (κ2) is 7.49. The maximum Gasteiger partial charge on any atom is 0.251 e. The molecule has 1 aliphatic heterocycles. The maximum absolute atomic E-state index is 12.5. The Hall–Kier alpha value is -1.04. The Labute approximate surface area is 138 Å². The molecule has 1 unspecified atom stereocenters. The quantitative estimate of drug-likeness (QED) is 0.819. The highest BCUT2D eigenvalue weighted by atomic mass is 32.1. The number of amides is 1. The van der Waals surface area contributed by atoms with Gasteiger partial charge in [0.2, 0.25) is 0 Å². The highest BCUT2D eigenvalue weighted by molar-refractivity contribution is 7.80. The first-order chi connectivity index (χ1) is 10.4. The lowest BCUT2D eigenvalue weighted by molar-refractivity contribution is 0.0830. The first-order valence-corrected chi connectivity index (χ1v) is 8.28. The molecule has 1 fully saturated rings. The normalized spacial score (nSPS) is 19.6. The SMILES string of the molecule is COCc1cccc(C(=O)NC2(C)CCN(C(C)S)CC2)c1. The molecule has 1 aromatic carbocycles. The summed E-state index contributed by atoms with van der Waals surface area (Å²) in [5.74, 6) is -0.00664. The van der Waals surface area contributed by atoms with Crippen LogP contribution in [0.15, 0.2) is 24.3 Å². The second-order valence-corrected chi connectivity index (χ2v) is 7.06. The molecule has 5 heteroatoms. The second-order valence-electron chi connectivity index (χ2n) is 6.32. The summed E-state index contributed by atoms with van der Waals surface area (Å²) in [6.45, 7) is 6.67. The van der Waals surface area contributed by atoms with E-state index in [1.807, 2.05) is 24.3 Å². The van der Waals surface area contributed by atoms with Crippen molar-refractivity contribution in [3.63, 3.8) is 0 Å². The van der Waals surface area contributed by atoms with Gasteiger partial charge < -0.3 is 10.1 Å². The Morgan fingerprint density at radius 3 is 2.73 bits per heavy atom. The third kappa shape index (κ3) is 4.48. The lowest BCUT2D eigenvalue weighted by atomic mass is 9.89. The smallest absolute Gasteiger partial charge is 0.251 e. The summed E-state index contributed by atoms with van der Waals surface area (Å²) in [7, 11) is 1.66. The average Bonchev–Trinajstić information content (AvgIpc) is 2.48. The number of piperidine rings is 1. The van der Waals surface area contributed by atoms with Crippen LogP contribution in [0.25, 0.3) is 0 Å². The monoisotopic (exact) mass is 322 g/mol. The molecule has 0 radical (unpaired) electrons. The average molecular weight is 322 g/mol. The van der Waals surface area contributed by atoms with Gasteiger partial charge in [-0.2, -0.15) is 12.6 Å². The molecule has 1 amide bonds. The standard InChI is InChI=1S/C17H26N2O2S/c1-13(22)19-9-7-17(2,8-10-19)18-16(20)15-6-4-5-14(11-15)12-21-3/h4-6,11,13,22H,7-10,12H2,1-3H3,(H,18,20). The number of nitrogens with zero attached hydrogens (tertiary/aromatic N) is 1. The van der Waals surface area contributed by atoms with Crippen molar-refractivity contribution in [2.24, 2.45) is 0 Å². The third-order valence-electron chi connectivity index (χ3n) is 4.35. The number of likely N-dealkylation sites (tertiary alicyclic amines) is 1. The first-order valence-electron chi connectivity index (χ1n) is 7.76. The Balaban J connectivity index is 1.98. The van der Waals surface area contributed by atoms with Gasteiger partial charge in [-0.3, -0.25) is 9.69 Å². The molecule has 2 rings (SSSR count). The van der Waals surface area contributed by atoms with Gasteiger partial charge in [-0.15, -0.1) is 0 Å². The molecule has 1 aliphatic rings. The molecule has 122 valence electrons. The fraction of sp³-hybridized carbons (Fsp3) is 0.588. The van der Waals surface area contributed by atoms with Crippen molar-refractivity contribution in [3.05, 3.63) is 35.4 Å². The zero-order chi connectivity index (χ0) is 16.2. The van der Waals surface area contributed by atoms with E-state index in [9.17, 15) is 4.79 Å². The molecular formula is C17H26N2O2S. The topological polar surface area (TPSA) is 41.6 Å². The number of ether oxygens (including phenoxy) is 1. The fourth-order valence-corrected chi connectivity index (χ4v) is 3.06. The van der Waals surface area contributed by atoms with Crippen molar-refractivity contribution in [1.29, 1.82) is 0 Å². The Bertz CT molecular complexity index is 511. The lowest BCUT2D eigenvalue weighted by Gasteiger charge is -2.41. The summed E-state index contributed by atoms with van der Waals surface area (Å²) >= 11 is 4.48. The fourth-order valence-electron chi connectivity index (χ4n) is 2.83. The number of carbonyl (C=O) groups excluding carboxylic acids is 1. The zero-order valence-corrected chi connectivity index (χ0v) is 14.5. The van der Waals surface area contributed by atoms with Crippen molar-refractivity contribution in [2.75, 3.05) is 20.2 Å². The molecule has 0 bridgehead atoms. The van der Waals surface area contributed by atoms with Gasteiger partial charge in [-0.05, 0) is 44.4 Å². The summed E-state index contributed by atoms with van der Waals surface area (Å²) in [5.41, 5.74) is 1.56. The number of methoxy groups -OCH3 is 1. The number of hydrogen-bond acceptors (Lipinski definition) is 4. The predicted molar refractivity (Wildman–Crippen MR) is 92.3 cm³/mol. The Kier molecular flexibility index (Phi) is 5.89. The first kappa shape index (κ1) is 17.3. The van der Waals surface area contributed by atoms with Gasteiger partial charge in [0, 0.05) is 36.7 Å². The Morgan fingerprint density at radius 2 is 2.14 bits per heavy atom. The van der Waals surface area contributed by atoms with E-state index in [4.69, 9.17) is 4.74 Å².